The van der Waals surface area contributed by atoms with Crippen molar-refractivity contribution in [1.29, 1.82) is 0 Å². The first-order valence-corrected chi connectivity index (χ1v) is 9.71. The molecule has 0 spiro atoms. The molecule has 4 heterocycles. The second kappa shape index (κ2) is 5.69. The summed E-state index contributed by atoms with van der Waals surface area (Å²) in [5.74, 6) is 1.58. The molecule has 0 saturated carbocycles. The molecule has 5 aromatic rings. The second-order valence-corrected chi connectivity index (χ2v) is 7.70. The summed E-state index contributed by atoms with van der Waals surface area (Å²) in [6.07, 6.45) is 0.922. The topological polar surface area (TPSA) is 62.1 Å². The summed E-state index contributed by atoms with van der Waals surface area (Å²) in [6, 6.07) is 14.1. The molecular formula is C21H17ClN6. The Balaban J connectivity index is 1.54. The molecule has 0 aliphatic carbocycles. The van der Waals surface area contributed by atoms with Gasteiger partial charge in [0.1, 0.15) is 5.82 Å². The lowest BCUT2D eigenvalue weighted by molar-refractivity contribution is 0.687. The molecule has 2 aromatic carbocycles. The summed E-state index contributed by atoms with van der Waals surface area (Å²) in [5, 5.41) is 7.58. The summed E-state index contributed by atoms with van der Waals surface area (Å²) in [7, 11) is 0. The Bertz CT molecular complexity index is 1380. The van der Waals surface area contributed by atoms with E-state index in [1.54, 1.807) is 0 Å². The number of fused-ring (bicyclic) bond motifs is 6. The monoisotopic (exact) mass is 388 g/mol. The number of aromatic nitrogens is 5. The van der Waals surface area contributed by atoms with Crippen LogP contribution in [0.1, 0.15) is 17.1 Å². The molecule has 0 amide bonds. The summed E-state index contributed by atoms with van der Waals surface area (Å²) < 4.78 is 1.88. The van der Waals surface area contributed by atoms with Crippen LogP contribution in [0.5, 0.6) is 0 Å². The zero-order valence-corrected chi connectivity index (χ0v) is 16.0. The number of hydrogen-bond acceptors (Lipinski definition) is 4. The number of anilines is 1. The van der Waals surface area contributed by atoms with Gasteiger partial charge in [0.05, 0.1) is 5.52 Å². The predicted molar refractivity (Wildman–Crippen MR) is 111 cm³/mol. The van der Waals surface area contributed by atoms with Crippen LogP contribution in [0.2, 0.25) is 5.02 Å². The minimum absolute atomic E-state index is 0.746. The van der Waals surface area contributed by atoms with Crippen molar-refractivity contribution in [2.45, 2.75) is 19.9 Å². The number of aryl methyl sites for hydroxylation is 1. The first kappa shape index (κ1) is 15.9. The van der Waals surface area contributed by atoms with Crippen LogP contribution in [0.15, 0.2) is 42.5 Å². The van der Waals surface area contributed by atoms with Gasteiger partial charge in [0.15, 0.2) is 5.65 Å². The first-order valence-electron chi connectivity index (χ1n) is 9.33. The summed E-state index contributed by atoms with van der Waals surface area (Å²) in [5.41, 5.74) is 5.48. The van der Waals surface area contributed by atoms with Crippen LogP contribution in [-0.4, -0.2) is 31.1 Å². The standard InChI is InChI=1S/C21H17ClN6/c1-12-23-20-14-4-2-3-5-17(14)25-21(28(20)26-12)27-9-8-19-16(11-27)15-10-13(22)6-7-18(15)24-19/h2-7,10,24H,8-9,11H2,1H3. The smallest absolute Gasteiger partial charge is 0.229 e. The van der Waals surface area contributed by atoms with Gasteiger partial charge in [-0.1, -0.05) is 23.7 Å². The number of H-pyrrole nitrogens is 1. The van der Waals surface area contributed by atoms with Crippen molar-refractivity contribution in [3.8, 4) is 0 Å². The maximum atomic E-state index is 6.26. The third kappa shape index (κ3) is 2.24. The van der Waals surface area contributed by atoms with Crippen molar-refractivity contribution in [2.75, 3.05) is 11.4 Å². The van der Waals surface area contributed by atoms with Crippen LogP contribution in [-0.2, 0) is 13.0 Å². The van der Waals surface area contributed by atoms with Crippen molar-refractivity contribution < 1.29 is 0 Å². The van der Waals surface area contributed by atoms with E-state index in [4.69, 9.17) is 16.6 Å². The quantitative estimate of drug-likeness (QED) is 0.465. The maximum Gasteiger partial charge on any atom is 0.229 e. The molecule has 0 atom stereocenters. The third-order valence-corrected chi connectivity index (χ3v) is 5.72. The van der Waals surface area contributed by atoms with Crippen molar-refractivity contribution in [3.63, 3.8) is 0 Å². The van der Waals surface area contributed by atoms with Crippen LogP contribution >= 0.6 is 11.6 Å². The van der Waals surface area contributed by atoms with E-state index in [1.807, 2.05) is 53.9 Å². The number of benzene rings is 2. The number of rotatable bonds is 1. The average Bonchev–Trinajstić information content (AvgIpc) is 3.27. The van der Waals surface area contributed by atoms with Gasteiger partial charge in [0.2, 0.25) is 5.95 Å². The van der Waals surface area contributed by atoms with Gasteiger partial charge in [0.25, 0.3) is 0 Å². The van der Waals surface area contributed by atoms with Crippen molar-refractivity contribution in [3.05, 3.63) is 64.6 Å². The highest BCUT2D eigenvalue weighted by Gasteiger charge is 2.25. The predicted octanol–water partition coefficient (Wildman–Crippen LogP) is 4.28. The Hall–Kier alpha value is -3.12. The number of aromatic amines is 1. The molecule has 0 fully saturated rings. The molecule has 1 N–H and O–H groups in total. The van der Waals surface area contributed by atoms with E-state index in [-0.39, 0.29) is 0 Å². The third-order valence-electron chi connectivity index (χ3n) is 5.49. The fourth-order valence-corrected chi connectivity index (χ4v) is 4.38. The summed E-state index contributed by atoms with van der Waals surface area (Å²) >= 11 is 6.26. The van der Waals surface area contributed by atoms with E-state index in [2.05, 4.69) is 20.0 Å². The average molecular weight is 389 g/mol. The van der Waals surface area contributed by atoms with Gasteiger partial charge in [0, 0.05) is 52.1 Å². The van der Waals surface area contributed by atoms with E-state index >= 15 is 0 Å². The fraction of sp³-hybridized carbons (Fsp3) is 0.190. The molecule has 6 nitrogen and oxygen atoms in total. The molecule has 1 aliphatic rings. The molecule has 6 rings (SSSR count). The van der Waals surface area contributed by atoms with Gasteiger partial charge >= 0.3 is 0 Å². The normalized spacial score (nSPS) is 14.3. The molecule has 28 heavy (non-hydrogen) atoms. The van der Waals surface area contributed by atoms with E-state index < -0.39 is 0 Å². The lowest BCUT2D eigenvalue weighted by Crippen LogP contribution is -2.32. The molecular weight excluding hydrogens is 372 g/mol. The van der Waals surface area contributed by atoms with Crippen LogP contribution in [0, 0.1) is 6.92 Å². The van der Waals surface area contributed by atoms with E-state index in [1.165, 1.54) is 16.6 Å². The van der Waals surface area contributed by atoms with Gasteiger partial charge in [-0.25, -0.2) is 9.97 Å². The Morgan fingerprint density at radius 3 is 2.89 bits per heavy atom. The lowest BCUT2D eigenvalue weighted by Gasteiger charge is -2.28. The molecule has 0 saturated heterocycles. The van der Waals surface area contributed by atoms with Crippen molar-refractivity contribution >= 4 is 45.0 Å². The van der Waals surface area contributed by atoms with Crippen LogP contribution < -0.4 is 4.90 Å². The number of para-hydroxylation sites is 1. The zero-order chi connectivity index (χ0) is 18.8. The largest absolute Gasteiger partial charge is 0.358 e. The second-order valence-electron chi connectivity index (χ2n) is 7.27. The minimum Gasteiger partial charge on any atom is -0.358 e. The Kier molecular flexibility index (Phi) is 3.23. The van der Waals surface area contributed by atoms with E-state index in [9.17, 15) is 0 Å². The van der Waals surface area contributed by atoms with Gasteiger partial charge in [-0.05, 0) is 37.3 Å². The molecule has 0 bridgehead atoms. The minimum atomic E-state index is 0.746. The van der Waals surface area contributed by atoms with E-state index in [0.717, 1.165) is 58.4 Å². The maximum absolute atomic E-state index is 6.26. The number of nitrogens with zero attached hydrogens (tertiary/aromatic N) is 5. The fourth-order valence-electron chi connectivity index (χ4n) is 4.21. The van der Waals surface area contributed by atoms with Gasteiger partial charge in [-0.15, -0.1) is 5.10 Å². The number of halogens is 1. The molecule has 3 aromatic heterocycles. The van der Waals surface area contributed by atoms with Crippen molar-refractivity contribution in [2.24, 2.45) is 0 Å². The highest BCUT2D eigenvalue weighted by Crippen LogP contribution is 2.32. The molecule has 0 radical (unpaired) electrons. The highest BCUT2D eigenvalue weighted by atomic mass is 35.5. The number of hydrogen-bond donors (Lipinski definition) is 1. The van der Waals surface area contributed by atoms with Crippen molar-refractivity contribution in [1.82, 2.24) is 24.6 Å². The first-order chi connectivity index (χ1) is 13.7. The van der Waals surface area contributed by atoms with Gasteiger partial charge < -0.3 is 9.88 Å². The Morgan fingerprint density at radius 1 is 1.07 bits per heavy atom. The zero-order valence-electron chi connectivity index (χ0n) is 15.3. The molecule has 138 valence electrons. The Labute approximate surface area is 165 Å². The van der Waals surface area contributed by atoms with Crippen LogP contribution in [0.4, 0.5) is 5.95 Å². The summed E-state index contributed by atoms with van der Waals surface area (Å²) in [4.78, 5) is 15.4. The highest BCUT2D eigenvalue weighted by molar-refractivity contribution is 6.31. The lowest BCUT2D eigenvalue weighted by atomic mass is 10.0. The summed E-state index contributed by atoms with van der Waals surface area (Å²) in [6.45, 7) is 3.55. The Morgan fingerprint density at radius 2 is 1.96 bits per heavy atom. The molecule has 7 heteroatoms. The van der Waals surface area contributed by atoms with Crippen LogP contribution in [0.3, 0.4) is 0 Å². The SMILES string of the molecule is Cc1nc2c3ccccc3nc(N3CCc4[nH]c5ccc(Cl)cc5c4C3)n2n1. The molecule has 0 unspecified atom stereocenters. The number of nitrogens with one attached hydrogen (secondary N) is 1. The van der Waals surface area contributed by atoms with Crippen LogP contribution in [0.25, 0.3) is 27.5 Å². The van der Waals surface area contributed by atoms with Gasteiger partial charge in [-0.2, -0.15) is 4.52 Å². The van der Waals surface area contributed by atoms with E-state index in [0.29, 0.717) is 0 Å². The van der Waals surface area contributed by atoms with Gasteiger partial charge in [-0.3, -0.25) is 0 Å². The molecule has 1 aliphatic heterocycles.